The van der Waals surface area contributed by atoms with Crippen molar-refractivity contribution in [3.63, 3.8) is 0 Å². The molecule has 20 heavy (non-hydrogen) atoms. The molecule has 0 bridgehead atoms. The molecule has 0 radical (unpaired) electrons. The molecule has 106 valence electrons. The van der Waals surface area contributed by atoms with Gasteiger partial charge in [-0.25, -0.2) is 0 Å². The van der Waals surface area contributed by atoms with Gasteiger partial charge in [0, 0.05) is 6.92 Å². The lowest BCUT2D eigenvalue weighted by Crippen LogP contribution is -2.69. The van der Waals surface area contributed by atoms with E-state index < -0.39 is 17.9 Å². The van der Waals surface area contributed by atoms with Gasteiger partial charge in [0.05, 0.1) is 12.5 Å². The molecule has 0 aromatic heterocycles. The van der Waals surface area contributed by atoms with Crippen molar-refractivity contribution in [2.75, 3.05) is 0 Å². The van der Waals surface area contributed by atoms with Crippen molar-refractivity contribution in [3.8, 4) is 0 Å². The summed E-state index contributed by atoms with van der Waals surface area (Å²) < 4.78 is 0. The first-order valence-corrected chi connectivity index (χ1v) is 6.34. The summed E-state index contributed by atoms with van der Waals surface area (Å²) in [5, 5.41) is 3.63. The van der Waals surface area contributed by atoms with Crippen LogP contribution in [0.4, 0.5) is 0 Å². The average molecular weight is 276 g/mol. The van der Waals surface area contributed by atoms with E-state index in [1.165, 1.54) is 6.92 Å². The molecule has 1 fully saturated rings. The number of carbonyl (C=O) groups excluding carboxylic acids is 3. The minimum Gasteiger partial charge on any atom is -0.342 e. The Bertz CT molecular complexity index is 529. The number of hydrogen-bond acceptors (Lipinski definition) is 4. The second-order valence-corrected chi connectivity index (χ2v) is 4.70. The molecular weight excluding hydrogens is 260 g/mol. The maximum Gasteiger partial charge on any atom is 0.329 e. The number of carbonyl (C=O) groups is 3. The Morgan fingerprint density at radius 3 is 2.50 bits per heavy atom. The topological polar surface area (TPSA) is 75.7 Å². The summed E-state index contributed by atoms with van der Waals surface area (Å²) in [4.78, 5) is 39.1. The van der Waals surface area contributed by atoms with Crippen LogP contribution in [0.2, 0.25) is 0 Å². The number of amides is 2. The lowest BCUT2D eigenvalue weighted by molar-refractivity contribution is -0.228. The summed E-state index contributed by atoms with van der Waals surface area (Å²) in [5.41, 5.74) is 0.876. The zero-order chi connectivity index (χ0) is 14.7. The van der Waals surface area contributed by atoms with Crippen molar-refractivity contribution in [3.05, 3.63) is 35.9 Å². The molecule has 1 aromatic rings. The van der Waals surface area contributed by atoms with Crippen LogP contribution in [-0.2, 0) is 25.6 Å². The van der Waals surface area contributed by atoms with E-state index in [4.69, 9.17) is 4.84 Å². The molecule has 2 unspecified atom stereocenters. The molecule has 0 aliphatic carbocycles. The molecule has 1 heterocycles. The number of hydroxylamine groups is 2. The largest absolute Gasteiger partial charge is 0.342 e. The monoisotopic (exact) mass is 276 g/mol. The quantitative estimate of drug-likeness (QED) is 0.809. The highest BCUT2D eigenvalue weighted by atomic mass is 16.7. The SMILES string of the molecule is CC(=O)ON1C(=O)C(NC(=O)Cc2ccccc2)C1C. The fraction of sp³-hybridized carbons (Fsp3) is 0.357. The van der Waals surface area contributed by atoms with Gasteiger partial charge in [-0.3, -0.25) is 14.4 Å². The summed E-state index contributed by atoms with van der Waals surface area (Å²) in [6, 6.07) is 8.27. The van der Waals surface area contributed by atoms with E-state index in [9.17, 15) is 14.4 Å². The average Bonchev–Trinajstić information content (AvgIpc) is 2.43. The fourth-order valence-corrected chi connectivity index (χ4v) is 2.05. The van der Waals surface area contributed by atoms with Crippen LogP contribution in [0.3, 0.4) is 0 Å². The van der Waals surface area contributed by atoms with E-state index in [2.05, 4.69) is 5.32 Å². The minimum absolute atomic E-state index is 0.213. The lowest BCUT2D eigenvalue weighted by Gasteiger charge is -2.42. The molecule has 1 aliphatic rings. The van der Waals surface area contributed by atoms with Gasteiger partial charge in [0.15, 0.2) is 0 Å². The smallest absolute Gasteiger partial charge is 0.329 e. The summed E-state index contributed by atoms with van der Waals surface area (Å²) in [6.45, 7) is 2.93. The third-order valence-electron chi connectivity index (χ3n) is 3.09. The Balaban J connectivity index is 1.87. The molecule has 1 aromatic carbocycles. The van der Waals surface area contributed by atoms with Crippen molar-refractivity contribution in [2.45, 2.75) is 32.4 Å². The second kappa shape index (κ2) is 5.73. The third-order valence-corrected chi connectivity index (χ3v) is 3.09. The van der Waals surface area contributed by atoms with E-state index in [-0.39, 0.29) is 18.4 Å². The van der Waals surface area contributed by atoms with Gasteiger partial charge in [-0.2, -0.15) is 5.06 Å². The van der Waals surface area contributed by atoms with Crippen molar-refractivity contribution >= 4 is 17.8 Å². The lowest BCUT2D eigenvalue weighted by atomic mass is 9.99. The van der Waals surface area contributed by atoms with Gasteiger partial charge in [-0.05, 0) is 12.5 Å². The molecular formula is C14H16N2O4. The molecule has 0 saturated carbocycles. The van der Waals surface area contributed by atoms with Crippen LogP contribution >= 0.6 is 0 Å². The molecule has 1 N–H and O–H groups in total. The van der Waals surface area contributed by atoms with E-state index in [0.717, 1.165) is 10.6 Å². The van der Waals surface area contributed by atoms with E-state index in [1.807, 2.05) is 30.3 Å². The highest BCUT2D eigenvalue weighted by Gasteiger charge is 2.48. The normalized spacial score (nSPS) is 21.1. The molecule has 6 heteroatoms. The first-order valence-electron chi connectivity index (χ1n) is 6.34. The Hall–Kier alpha value is -2.37. The van der Waals surface area contributed by atoms with Gasteiger partial charge < -0.3 is 10.2 Å². The molecule has 2 atom stereocenters. The molecule has 6 nitrogen and oxygen atoms in total. The molecule has 0 spiro atoms. The van der Waals surface area contributed by atoms with Gasteiger partial charge in [-0.1, -0.05) is 30.3 Å². The van der Waals surface area contributed by atoms with E-state index in [1.54, 1.807) is 6.92 Å². The summed E-state index contributed by atoms with van der Waals surface area (Å²) in [6.07, 6.45) is 0.213. The first kappa shape index (κ1) is 14.0. The van der Waals surface area contributed by atoms with E-state index in [0.29, 0.717) is 0 Å². The number of nitrogens with zero attached hydrogens (tertiary/aromatic N) is 1. The molecule has 2 rings (SSSR count). The minimum atomic E-state index is -0.634. The van der Waals surface area contributed by atoms with Crippen LogP contribution in [0.15, 0.2) is 30.3 Å². The van der Waals surface area contributed by atoms with Crippen LogP contribution in [0.5, 0.6) is 0 Å². The Morgan fingerprint density at radius 2 is 1.95 bits per heavy atom. The van der Waals surface area contributed by atoms with E-state index >= 15 is 0 Å². The standard InChI is InChI=1S/C14H16N2O4/c1-9-13(14(19)16(9)20-10(2)17)15-12(18)8-11-6-4-3-5-7-11/h3-7,9,13H,8H2,1-2H3,(H,15,18). The van der Waals surface area contributed by atoms with Crippen LogP contribution in [-0.4, -0.2) is 34.9 Å². The second-order valence-electron chi connectivity index (χ2n) is 4.70. The number of benzene rings is 1. The van der Waals surface area contributed by atoms with Crippen LogP contribution < -0.4 is 5.32 Å². The van der Waals surface area contributed by atoms with Crippen LogP contribution in [0, 0.1) is 0 Å². The predicted molar refractivity (Wildman–Crippen MR) is 70.2 cm³/mol. The van der Waals surface area contributed by atoms with Crippen molar-refractivity contribution in [1.82, 2.24) is 10.4 Å². The van der Waals surface area contributed by atoms with Gasteiger partial charge in [0.1, 0.15) is 6.04 Å². The van der Waals surface area contributed by atoms with Crippen molar-refractivity contribution in [1.29, 1.82) is 0 Å². The maximum absolute atomic E-state index is 11.8. The maximum atomic E-state index is 11.8. The highest BCUT2D eigenvalue weighted by molar-refractivity contribution is 5.93. The zero-order valence-corrected chi connectivity index (χ0v) is 11.3. The van der Waals surface area contributed by atoms with Crippen LogP contribution in [0.25, 0.3) is 0 Å². The van der Waals surface area contributed by atoms with Gasteiger partial charge in [0.2, 0.25) is 5.91 Å². The Morgan fingerprint density at radius 1 is 1.30 bits per heavy atom. The van der Waals surface area contributed by atoms with Gasteiger partial charge in [0.25, 0.3) is 5.91 Å². The number of β-lactam (4-membered cyclic amide) rings is 1. The summed E-state index contributed by atoms with van der Waals surface area (Å²) in [5.74, 6) is -1.20. The first-order chi connectivity index (χ1) is 9.49. The Kier molecular flexibility index (Phi) is 4.02. The number of hydrogen-bond donors (Lipinski definition) is 1. The number of nitrogens with one attached hydrogen (secondary N) is 1. The number of rotatable bonds is 4. The van der Waals surface area contributed by atoms with Crippen molar-refractivity contribution < 1.29 is 19.2 Å². The molecule has 2 amide bonds. The third kappa shape index (κ3) is 2.96. The van der Waals surface area contributed by atoms with Gasteiger partial charge >= 0.3 is 5.97 Å². The summed E-state index contributed by atoms with van der Waals surface area (Å²) in [7, 11) is 0. The Labute approximate surface area is 116 Å². The highest BCUT2D eigenvalue weighted by Crippen LogP contribution is 2.20. The zero-order valence-electron chi connectivity index (χ0n) is 11.3. The predicted octanol–water partition coefficient (Wildman–Crippen LogP) is 0.423. The van der Waals surface area contributed by atoms with Crippen LogP contribution in [0.1, 0.15) is 19.4 Å². The van der Waals surface area contributed by atoms with Gasteiger partial charge in [-0.15, -0.1) is 0 Å². The molecule has 1 aliphatic heterocycles. The van der Waals surface area contributed by atoms with Crippen molar-refractivity contribution in [2.24, 2.45) is 0 Å². The summed E-state index contributed by atoms with van der Waals surface area (Å²) >= 11 is 0. The fourth-order valence-electron chi connectivity index (χ4n) is 2.05. The molecule has 1 saturated heterocycles.